The molecule has 2 rings (SSSR count). The summed E-state index contributed by atoms with van der Waals surface area (Å²) in [5.41, 5.74) is 6.82. The number of carboxylic acid groups (broad SMARTS) is 1. The SMILES string of the molecule is Cc1cc(C2(C(=O)O)CCC(N)CC2)ccn1. The molecule has 4 heteroatoms. The zero-order chi connectivity index (χ0) is 12.5. The molecule has 3 N–H and O–H groups in total. The van der Waals surface area contributed by atoms with Crippen molar-refractivity contribution < 1.29 is 9.90 Å². The second-order valence-electron chi connectivity index (χ2n) is 4.91. The highest BCUT2D eigenvalue weighted by Gasteiger charge is 2.42. The maximum absolute atomic E-state index is 11.6. The second-order valence-corrected chi connectivity index (χ2v) is 4.91. The fourth-order valence-corrected chi connectivity index (χ4v) is 2.60. The molecule has 0 saturated heterocycles. The summed E-state index contributed by atoms with van der Waals surface area (Å²) in [6, 6.07) is 3.84. The van der Waals surface area contributed by atoms with Gasteiger partial charge in [0, 0.05) is 17.9 Å². The van der Waals surface area contributed by atoms with Crippen LogP contribution in [0.15, 0.2) is 18.3 Å². The zero-order valence-electron chi connectivity index (χ0n) is 10.0. The van der Waals surface area contributed by atoms with E-state index in [-0.39, 0.29) is 6.04 Å². The number of nitrogens with zero attached hydrogens (tertiary/aromatic N) is 1. The van der Waals surface area contributed by atoms with Crippen molar-refractivity contribution in [1.82, 2.24) is 4.98 Å². The van der Waals surface area contributed by atoms with Crippen molar-refractivity contribution in [2.75, 3.05) is 0 Å². The van der Waals surface area contributed by atoms with E-state index in [1.807, 2.05) is 19.1 Å². The largest absolute Gasteiger partial charge is 0.481 e. The Kier molecular flexibility index (Phi) is 3.15. The molecule has 0 aliphatic heterocycles. The fraction of sp³-hybridized carbons (Fsp3) is 0.538. The maximum Gasteiger partial charge on any atom is 0.314 e. The first-order valence-corrected chi connectivity index (χ1v) is 5.97. The van der Waals surface area contributed by atoms with Crippen LogP contribution in [-0.4, -0.2) is 22.1 Å². The predicted molar refractivity (Wildman–Crippen MR) is 64.7 cm³/mol. The van der Waals surface area contributed by atoms with Crippen LogP contribution in [0, 0.1) is 6.92 Å². The Morgan fingerprint density at radius 2 is 2.18 bits per heavy atom. The van der Waals surface area contributed by atoms with Crippen LogP contribution in [0.3, 0.4) is 0 Å². The number of aliphatic carboxylic acids is 1. The highest BCUT2D eigenvalue weighted by molar-refractivity contribution is 5.81. The number of rotatable bonds is 2. The molecule has 4 nitrogen and oxygen atoms in total. The molecular weight excluding hydrogens is 216 g/mol. The van der Waals surface area contributed by atoms with E-state index in [2.05, 4.69) is 4.98 Å². The van der Waals surface area contributed by atoms with Crippen LogP contribution in [0.25, 0.3) is 0 Å². The number of aromatic nitrogens is 1. The smallest absolute Gasteiger partial charge is 0.314 e. The number of hydrogen-bond donors (Lipinski definition) is 2. The molecule has 0 radical (unpaired) electrons. The lowest BCUT2D eigenvalue weighted by molar-refractivity contribution is -0.145. The lowest BCUT2D eigenvalue weighted by atomic mass is 9.68. The molecule has 0 atom stereocenters. The molecule has 0 aromatic carbocycles. The topological polar surface area (TPSA) is 76.2 Å². The molecule has 0 bridgehead atoms. The van der Waals surface area contributed by atoms with Crippen LogP contribution in [-0.2, 0) is 10.2 Å². The van der Waals surface area contributed by atoms with Crippen LogP contribution >= 0.6 is 0 Å². The first kappa shape index (κ1) is 12.0. The summed E-state index contributed by atoms with van der Waals surface area (Å²) in [6.07, 6.45) is 4.46. The van der Waals surface area contributed by atoms with Gasteiger partial charge >= 0.3 is 5.97 Å². The van der Waals surface area contributed by atoms with Gasteiger partial charge in [-0.05, 0) is 50.3 Å². The van der Waals surface area contributed by atoms with Gasteiger partial charge in [0.1, 0.15) is 0 Å². The molecule has 1 saturated carbocycles. The molecule has 1 fully saturated rings. The quantitative estimate of drug-likeness (QED) is 0.815. The van der Waals surface area contributed by atoms with E-state index in [4.69, 9.17) is 5.73 Å². The van der Waals surface area contributed by atoms with E-state index >= 15 is 0 Å². The lowest BCUT2D eigenvalue weighted by Gasteiger charge is -2.36. The van der Waals surface area contributed by atoms with E-state index in [1.165, 1.54) is 0 Å². The normalized spacial score (nSPS) is 28.9. The van der Waals surface area contributed by atoms with Gasteiger partial charge in [-0.3, -0.25) is 9.78 Å². The van der Waals surface area contributed by atoms with Crippen molar-refractivity contribution in [1.29, 1.82) is 0 Å². The molecule has 1 aliphatic rings. The summed E-state index contributed by atoms with van der Waals surface area (Å²) in [7, 11) is 0. The molecule has 1 aromatic rings. The summed E-state index contributed by atoms with van der Waals surface area (Å²) < 4.78 is 0. The van der Waals surface area contributed by atoms with Gasteiger partial charge < -0.3 is 10.8 Å². The summed E-state index contributed by atoms with van der Waals surface area (Å²) in [6.45, 7) is 1.88. The Balaban J connectivity index is 2.38. The van der Waals surface area contributed by atoms with Crippen LogP contribution in [0.5, 0.6) is 0 Å². The number of aryl methyl sites for hydroxylation is 1. The minimum atomic E-state index is -0.760. The first-order valence-electron chi connectivity index (χ1n) is 5.97. The fourth-order valence-electron chi connectivity index (χ4n) is 2.60. The van der Waals surface area contributed by atoms with Gasteiger partial charge in [0.15, 0.2) is 0 Å². The monoisotopic (exact) mass is 234 g/mol. The molecule has 1 heterocycles. The number of hydrogen-bond acceptors (Lipinski definition) is 3. The Hall–Kier alpha value is -1.42. The van der Waals surface area contributed by atoms with Crippen LogP contribution in [0.2, 0.25) is 0 Å². The highest BCUT2D eigenvalue weighted by Crippen LogP contribution is 2.39. The number of nitrogens with two attached hydrogens (primary N) is 1. The van der Waals surface area contributed by atoms with Gasteiger partial charge in [0.25, 0.3) is 0 Å². The van der Waals surface area contributed by atoms with E-state index in [0.717, 1.165) is 24.1 Å². The van der Waals surface area contributed by atoms with Crippen molar-refractivity contribution >= 4 is 5.97 Å². The maximum atomic E-state index is 11.6. The minimum Gasteiger partial charge on any atom is -0.481 e. The van der Waals surface area contributed by atoms with E-state index in [9.17, 15) is 9.90 Å². The van der Waals surface area contributed by atoms with Crippen molar-refractivity contribution in [2.45, 2.75) is 44.1 Å². The molecule has 0 amide bonds. The van der Waals surface area contributed by atoms with Crippen LogP contribution in [0.1, 0.15) is 36.9 Å². The van der Waals surface area contributed by atoms with Crippen molar-refractivity contribution in [2.24, 2.45) is 5.73 Å². The third kappa shape index (κ3) is 2.17. The van der Waals surface area contributed by atoms with Crippen molar-refractivity contribution in [3.05, 3.63) is 29.6 Å². The second kappa shape index (κ2) is 4.45. The summed E-state index contributed by atoms with van der Waals surface area (Å²) in [5.74, 6) is -0.741. The van der Waals surface area contributed by atoms with Crippen molar-refractivity contribution in [3.63, 3.8) is 0 Å². The Labute approximate surface area is 101 Å². The predicted octanol–water partition coefficient (Wildman–Crippen LogP) is 1.61. The average Bonchev–Trinajstić information content (AvgIpc) is 2.30. The average molecular weight is 234 g/mol. The Morgan fingerprint density at radius 3 is 2.71 bits per heavy atom. The van der Waals surface area contributed by atoms with E-state index in [0.29, 0.717) is 12.8 Å². The third-order valence-electron chi connectivity index (χ3n) is 3.74. The van der Waals surface area contributed by atoms with Gasteiger partial charge in [0.05, 0.1) is 5.41 Å². The Morgan fingerprint density at radius 1 is 1.53 bits per heavy atom. The summed E-state index contributed by atoms with van der Waals surface area (Å²) in [4.78, 5) is 15.8. The standard InChI is InChI=1S/C13H18N2O2/c1-9-8-10(4-7-15-9)13(12(16)17)5-2-11(14)3-6-13/h4,7-8,11H,2-3,5-6,14H2,1H3,(H,16,17). The van der Waals surface area contributed by atoms with Crippen molar-refractivity contribution in [3.8, 4) is 0 Å². The van der Waals surface area contributed by atoms with Crippen LogP contribution in [0.4, 0.5) is 0 Å². The van der Waals surface area contributed by atoms with Gasteiger partial charge in [-0.25, -0.2) is 0 Å². The van der Waals surface area contributed by atoms with Gasteiger partial charge in [-0.1, -0.05) is 0 Å². The molecular formula is C13H18N2O2. The minimum absolute atomic E-state index is 0.144. The molecule has 92 valence electrons. The van der Waals surface area contributed by atoms with Crippen LogP contribution < -0.4 is 5.73 Å². The van der Waals surface area contributed by atoms with Gasteiger partial charge in [-0.2, -0.15) is 0 Å². The molecule has 0 unspecified atom stereocenters. The summed E-state index contributed by atoms with van der Waals surface area (Å²) in [5, 5.41) is 9.56. The Bertz CT molecular complexity index is 423. The number of carboxylic acids is 1. The number of carbonyl (C=O) groups is 1. The highest BCUT2D eigenvalue weighted by atomic mass is 16.4. The molecule has 0 spiro atoms. The molecule has 1 aromatic heterocycles. The zero-order valence-corrected chi connectivity index (χ0v) is 10.0. The van der Waals surface area contributed by atoms with Gasteiger partial charge in [0.2, 0.25) is 0 Å². The molecule has 1 aliphatic carbocycles. The van der Waals surface area contributed by atoms with E-state index < -0.39 is 11.4 Å². The third-order valence-corrected chi connectivity index (χ3v) is 3.74. The number of pyridine rings is 1. The van der Waals surface area contributed by atoms with E-state index in [1.54, 1.807) is 6.20 Å². The lowest BCUT2D eigenvalue weighted by Crippen LogP contribution is -2.42. The van der Waals surface area contributed by atoms with Gasteiger partial charge in [-0.15, -0.1) is 0 Å². The first-order chi connectivity index (χ1) is 8.04. The summed E-state index contributed by atoms with van der Waals surface area (Å²) >= 11 is 0. The molecule has 17 heavy (non-hydrogen) atoms.